The third-order valence-electron chi connectivity index (χ3n) is 6.77. The number of hydrogen-bond acceptors (Lipinski definition) is 4. The standard InChI is InChI=1S/C34H37NO4.ClH/c1-26(25-39-32-15-9-10-28(20-32)21-34(36)37)22-35(23-27-16-18-31(38-2)19-17-27)24-33(29-11-5-3-6-12-29)30-13-7-4-8-14-30;/h3-20,26,33H,21-25H2,1-2H3,(H,36,37);1H/t26-;/m1./s1. The van der Waals surface area contributed by atoms with E-state index in [1.165, 1.54) is 16.7 Å². The van der Waals surface area contributed by atoms with Crippen molar-refractivity contribution in [1.29, 1.82) is 0 Å². The molecule has 0 aliphatic rings. The molecule has 4 aromatic carbocycles. The number of halogens is 1. The maximum Gasteiger partial charge on any atom is 0.307 e. The van der Waals surface area contributed by atoms with Gasteiger partial charge in [0.1, 0.15) is 11.5 Å². The smallest absolute Gasteiger partial charge is 0.307 e. The van der Waals surface area contributed by atoms with Gasteiger partial charge in [-0.15, -0.1) is 12.4 Å². The summed E-state index contributed by atoms with van der Waals surface area (Å²) < 4.78 is 11.5. The summed E-state index contributed by atoms with van der Waals surface area (Å²) in [4.78, 5) is 13.6. The SMILES string of the molecule is COc1ccc(CN(CC(c2ccccc2)c2ccccc2)C[C@@H](C)COc2cccc(CC(=O)O)c2)cc1.Cl. The van der Waals surface area contributed by atoms with Crippen molar-refractivity contribution in [1.82, 2.24) is 4.90 Å². The summed E-state index contributed by atoms with van der Waals surface area (Å²) in [6.45, 7) is 5.24. The lowest BCUT2D eigenvalue weighted by Crippen LogP contribution is -2.34. The average molecular weight is 560 g/mol. The highest BCUT2D eigenvalue weighted by molar-refractivity contribution is 5.85. The van der Waals surface area contributed by atoms with Gasteiger partial charge in [0, 0.05) is 31.5 Å². The predicted molar refractivity (Wildman–Crippen MR) is 163 cm³/mol. The molecule has 5 nitrogen and oxygen atoms in total. The molecular formula is C34H38ClNO4. The van der Waals surface area contributed by atoms with Crippen LogP contribution in [0.3, 0.4) is 0 Å². The van der Waals surface area contributed by atoms with Gasteiger partial charge in [-0.1, -0.05) is 91.9 Å². The first-order valence-corrected chi connectivity index (χ1v) is 13.4. The van der Waals surface area contributed by atoms with Crippen molar-refractivity contribution >= 4 is 18.4 Å². The van der Waals surface area contributed by atoms with Crippen LogP contribution in [0.2, 0.25) is 0 Å². The fourth-order valence-corrected chi connectivity index (χ4v) is 4.88. The Morgan fingerprint density at radius 3 is 1.98 bits per heavy atom. The lowest BCUT2D eigenvalue weighted by atomic mass is 9.90. The Morgan fingerprint density at radius 1 is 0.775 bits per heavy atom. The zero-order valence-corrected chi connectivity index (χ0v) is 23.9. The Kier molecular flexibility index (Phi) is 12.1. The summed E-state index contributed by atoms with van der Waals surface area (Å²) >= 11 is 0. The number of carbonyl (C=O) groups is 1. The van der Waals surface area contributed by atoms with Gasteiger partial charge in [0.05, 0.1) is 20.1 Å². The van der Waals surface area contributed by atoms with E-state index in [9.17, 15) is 4.79 Å². The number of carboxylic acid groups (broad SMARTS) is 1. The second kappa shape index (κ2) is 15.7. The Labute approximate surface area is 243 Å². The van der Waals surface area contributed by atoms with E-state index >= 15 is 0 Å². The second-order valence-electron chi connectivity index (χ2n) is 10.1. The van der Waals surface area contributed by atoms with Gasteiger partial charge in [0.2, 0.25) is 0 Å². The van der Waals surface area contributed by atoms with Gasteiger partial charge in [-0.05, 0) is 46.5 Å². The first-order chi connectivity index (χ1) is 19.0. The molecule has 0 aliphatic carbocycles. The largest absolute Gasteiger partial charge is 0.497 e. The van der Waals surface area contributed by atoms with Gasteiger partial charge in [-0.3, -0.25) is 9.69 Å². The number of ether oxygens (including phenoxy) is 2. The number of rotatable bonds is 14. The lowest BCUT2D eigenvalue weighted by molar-refractivity contribution is -0.136. The van der Waals surface area contributed by atoms with Crippen LogP contribution < -0.4 is 9.47 Å². The van der Waals surface area contributed by atoms with Gasteiger partial charge in [0.25, 0.3) is 0 Å². The summed E-state index contributed by atoms with van der Waals surface area (Å²) in [5.41, 5.74) is 4.55. The molecule has 1 atom stereocenters. The minimum absolute atomic E-state index is 0. The van der Waals surface area contributed by atoms with E-state index in [1.807, 2.05) is 36.4 Å². The van der Waals surface area contributed by atoms with E-state index in [0.29, 0.717) is 12.4 Å². The number of methoxy groups -OCH3 is 1. The molecule has 0 saturated heterocycles. The van der Waals surface area contributed by atoms with Crippen molar-refractivity contribution in [3.63, 3.8) is 0 Å². The molecular weight excluding hydrogens is 522 g/mol. The van der Waals surface area contributed by atoms with Crippen molar-refractivity contribution in [2.24, 2.45) is 5.92 Å². The first-order valence-electron chi connectivity index (χ1n) is 13.4. The fourth-order valence-electron chi connectivity index (χ4n) is 4.88. The van der Waals surface area contributed by atoms with Crippen LogP contribution in [0.15, 0.2) is 109 Å². The summed E-state index contributed by atoms with van der Waals surface area (Å²) in [5.74, 6) is 1.18. The third-order valence-corrected chi connectivity index (χ3v) is 6.77. The number of aliphatic carboxylic acids is 1. The Hall–Kier alpha value is -3.80. The average Bonchev–Trinajstić information content (AvgIpc) is 2.96. The molecule has 0 fully saturated rings. The van der Waals surface area contributed by atoms with Crippen LogP contribution in [0.25, 0.3) is 0 Å². The molecule has 1 N–H and O–H groups in total. The van der Waals surface area contributed by atoms with Crippen LogP contribution >= 0.6 is 12.4 Å². The minimum atomic E-state index is -0.846. The molecule has 4 rings (SSSR count). The van der Waals surface area contributed by atoms with E-state index in [-0.39, 0.29) is 30.7 Å². The first kappa shape index (κ1) is 30.7. The van der Waals surface area contributed by atoms with Gasteiger partial charge < -0.3 is 14.6 Å². The molecule has 0 radical (unpaired) electrons. The molecule has 0 heterocycles. The summed E-state index contributed by atoms with van der Waals surface area (Å²) in [7, 11) is 1.69. The molecule has 0 aliphatic heterocycles. The van der Waals surface area contributed by atoms with E-state index in [2.05, 4.69) is 84.6 Å². The van der Waals surface area contributed by atoms with Gasteiger partial charge >= 0.3 is 5.97 Å². The summed E-state index contributed by atoms with van der Waals surface area (Å²) in [6.07, 6.45) is -0.0112. The molecule has 40 heavy (non-hydrogen) atoms. The number of hydrogen-bond donors (Lipinski definition) is 1. The van der Waals surface area contributed by atoms with Crippen LogP contribution in [-0.4, -0.2) is 42.8 Å². The molecule has 210 valence electrons. The van der Waals surface area contributed by atoms with Gasteiger partial charge in [-0.25, -0.2) is 0 Å². The molecule has 4 aromatic rings. The van der Waals surface area contributed by atoms with Crippen LogP contribution in [0.1, 0.15) is 35.1 Å². The van der Waals surface area contributed by atoms with Gasteiger partial charge in [-0.2, -0.15) is 0 Å². The number of benzene rings is 4. The van der Waals surface area contributed by atoms with Crippen LogP contribution in [0, 0.1) is 5.92 Å². The minimum Gasteiger partial charge on any atom is -0.497 e. The third kappa shape index (κ3) is 9.44. The van der Waals surface area contributed by atoms with Gasteiger partial charge in [0.15, 0.2) is 0 Å². The second-order valence-corrected chi connectivity index (χ2v) is 10.1. The van der Waals surface area contributed by atoms with Crippen molar-refractivity contribution in [3.8, 4) is 11.5 Å². The quantitative estimate of drug-likeness (QED) is 0.179. The molecule has 0 bridgehead atoms. The highest BCUT2D eigenvalue weighted by Crippen LogP contribution is 2.27. The molecule has 0 saturated carbocycles. The van der Waals surface area contributed by atoms with Crippen molar-refractivity contribution in [3.05, 3.63) is 131 Å². The number of nitrogens with zero attached hydrogens (tertiary/aromatic N) is 1. The van der Waals surface area contributed by atoms with Crippen molar-refractivity contribution in [2.75, 3.05) is 26.8 Å². The molecule has 0 amide bonds. The van der Waals surface area contributed by atoms with E-state index < -0.39 is 5.97 Å². The topological polar surface area (TPSA) is 59.0 Å². The zero-order valence-electron chi connectivity index (χ0n) is 23.1. The van der Waals surface area contributed by atoms with Crippen LogP contribution in [0.4, 0.5) is 0 Å². The predicted octanol–water partition coefficient (Wildman–Crippen LogP) is 7.09. The maximum atomic E-state index is 11.1. The fraction of sp³-hybridized carbons (Fsp3) is 0.265. The number of carboxylic acids is 1. The normalized spacial score (nSPS) is 11.6. The maximum absolute atomic E-state index is 11.1. The lowest BCUT2D eigenvalue weighted by Gasteiger charge is -2.30. The zero-order chi connectivity index (χ0) is 27.5. The Bertz CT molecular complexity index is 1260. The highest BCUT2D eigenvalue weighted by atomic mass is 35.5. The van der Waals surface area contributed by atoms with Crippen LogP contribution in [-0.2, 0) is 17.8 Å². The molecule has 0 spiro atoms. The van der Waals surface area contributed by atoms with E-state index in [1.54, 1.807) is 7.11 Å². The van der Waals surface area contributed by atoms with E-state index in [0.717, 1.165) is 30.9 Å². The summed E-state index contributed by atoms with van der Waals surface area (Å²) in [6, 6.07) is 37.0. The molecule has 6 heteroatoms. The Balaban J connectivity index is 0.00000441. The summed E-state index contributed by atoms with van der Waals surface area (Å²) in [5, 5.41) is 9.11. The Morgan fingerprint density at radius 2 is 1.40 bits per heavy atom. The van der Waals surface area contributed by atoms with Crippen molar-refractivity contribution < 1.29 is 19.4 Å². The molecule has 0 aromatic heterocycles. The van der Waals surface area contributed by atoms with Crippen LogP contribution in [0.5, 0.6) is 11.5 Å². The van der Waals surface area contributed by atoms with Crippen molar-refractivity contribution in [2.45, 2.75) is 25.8 Å². The monoisotopic (exact) mass is 559 g/mol. The van der Waals surface area contributed by atoms with E-state index in [4.69, 9.17) is 14.6 Å². The highest BCUT2D eigenvalue weighted by Gasteiger charge is 2.20. The molecule has 0 unspecified atom stereocenters.